The minimum absolute atomic E-state index is 0.155. The minimum Gasteiger partial charge on any atom is -0.381 e. The number of carbonyl (C=O) groups excluding carboxylic acids is 1. The van der Waals surface area contributed by atoms with E-state index in [1.807, 2.05) is 0 Å². The molecule has 0 aromatic heterocycles. The molecule has 1 aliphatic heterocycles. The van der Waals surface area contributed by atoms with Crippen LogP contribution < -0.4 is 11.1 Å². The molecule has 15 heavy (non-hydrogen) atoms. The van der Waals surface area contributed by atoms with Crippen LogP contribution in [0.5, 0.6) is 0 Å². The summed E-state index contributed by atoms with van der Waals surface area (Å²) in [6, 6.07) is 0.554. The van der Waals surface area contributed by atoms with Crippen LogP contribution in [0, 0.1) is 5.92 Å². The Kier molecular flexibility index (Phi) is 3.59. The summed E-state index contributed by atoms with van der Waals surface area (Å²) in [6.07, 6.45) is 4.70. The number of hydrogen-bond acceptors (Lipinski definition) is 3. The molecule has 0 spiro atoms. The van der Waals surface area contributed by atoms with Crippen molar-refractivity contribution in [3.05, 3.63) is 0 Å². The van der Waals surface area contributed by atoms with Gasteiger partial charge in [-0.05, 0) is 32.1 Å². The smallest absolute Gasteiger partial charge is 0.223 e. The van der Waals surface area contributed by atoms with Gasteiger partial charge in [-0.3, -0.25) is 4.79 Å². The Morgan fingerprint density at radius 3 is 2.53 bits per heavy atom. The summed E-state index contributed by atoms with van der Waals surface area (Å²) >= 11 is 0. The van der Waals surface area contributed by atoms with Gasteiger partial charge in [-0.25, -0.2) is 0 Å². The third-order valence-corrected chi connectivity index (χ3v) is 3.41. The molecule has 1 heterocycles. The van der Waals surface area contributed by atoms with E-state index in [2.05, 4.69) is 5.32 Å². The third kappa shape index (κ3) is 2.92. The van der Waals surface area contributed by atoms with Gasteiger partial charge in [-0.15, -0.1) is 0 Å². The summed E-state index contributed by atoms with van der Waals surface area (Å²) in [7, 11) is 0. The summed E-state index contributed by atoms with van der Waals surface area (Å²) in [6.45, 7) is 1.55. The van der Waals surface area contributed by atoms with Crippen molar-refractivity contribution < 1.29 is 9.53 Å². The van der Waals surface area contributed by atoms with Gasteiger partial charge in [0, 0.05) is 31.2 Å². The predicted molar refractivity (Wildman–Crippen MR) is 57.3 cm³/mol. The Bertz CT molecular complexity index is 227. The molecule has 4 nitrogen and oxygen atoms in total. The normalized spacial score (nSPS) is 32.9. The number of rotatable bonds is 2. The molecule has 0 radical (unpaired) electrons. The Balaban J connectivity index is 1.76. The third-order valence-electron chi connectivity index (χ3n) is 3.41. The van der Waals surface area contributed by atoms with E-state index in [0.717, 1.165) is 45.3 Å². The fraction of sp³-hybridized carbons (Fsp3) is 0.909. The highest BCUT2D eigenvalue weighted by molar-refractivity contribution is 5.79. The van der Waals surface area contributed by atoms with Crippen molar-refractivity contribution in [3.8, 4) is 0 Å². The van der Waals surface area contributed by atoms with Gasteiger partial charge in [-0.2, -0.15) is 0 Å². The molecule has 0 aromatic rings. The van der Waals surface area contributed by atoms with Gasteiger partial charge in [0.1, 0.15) is 0 Å². The summed E-state index contributed by atoms with van der Waals surface area (Å²) < 4.78 is 5.25. The molecule has 3 N–H and O–H groups in total. The van der Waals surface area contributed by atoms with E-state index in [1.54, 1.807) is 0 Å². The number of ether oxygens (including phenoxy) is 1. The molecule has 2 fully saturated rings. The highest BCUT2D eigenvalue weighted by Crippen LogP contribution is 2.24. The van der Waals surface area contributed by atoms with Gasteiger partial charge < -0.3 is 15.8 Å². The van der Waals surface area contributed by atoms with Crippen molar-refractivity contribution in [1.82, 2.24) is 5.32 Å². The maximum Gasteiger partial charge on any atom is 0.223 e. The minimum atomic E-state index is 0.155. The Morgan fingerprint density at radius 2 is 1.93 bits per heavy atom. The van der Waals surface area contributed by atoms with Gasteiger partial charge in [0.05, 0.1) is 0 Å². The second-order valence-corrected chi connectivity index (χ2v) is 4.67. The van der Waals surface area contributed by atoms with Crippen LogP contribution in [0.2, 0.25) is 0 Å². The van der Waals surface area contributed by atoms with E-state index in [4.69, 9.17) is 10.5 Å². The molecule has 2 aliphatic rings. The van der Waals surface area contributed by atoms with Gasteiger partial charge in [-0.1, -0.05) is 0 Å². The van der Waals surface area contributed by atoms with E-state index < -0.39 is 0 Å². The first kappa shape index (κ1) is 10.9. The van der Waals surface area contributed by atoms with Crippen LogP contribution >= 0.6 is 0 Å². The van der Waals surface area contributed by atoms with Crippen LogP contribution in [0.4, 0.5) is 0 Å². The van der Waals surface area contributed by atoms with Crippen LogP contribution in [-0.4, -0.2) is 31.2 Å². The summed E-state index contributed by atoms with van der Waals surface area (Å²) in [5.41, 5.74) is 5.80. The lowest BCUT2D eigenvalue weighted by atomic mass is 10.0. The zero-order chi connectivity index (χ0) is 10.7. The van der Waals surface area contributed by atoms with Crippen LogP contribution in [0.15, 0.2) is 0 Å². The standard InChI is InChI=1S/C11H20N2O2/c12-9-2-1-8(7-9)11(14)13-10-3-5-15-6-4-10/h8-10H,1-7,12H2,(H,13,14). The monoisotopic (exact) mass is 212 g/mol. The van der Waals surface area contributed by atoms with Crippen LogP contribution in [0.3, 0.4) is 0 Å². The first-order valence-corrected chi connectivity index (χ1v) is 5.89. The quantitative estimate of drug-likeness (QED) is 0.696. The number of nitrogens with one attached hydrogen (secondary N) is 1. The molecule has 1 saturated carbocycles. The van der Waals surface area contributed by atoms with Crippen molar-refractivity contribution in [3.63, 3.8) is 0 Å². The van der Waals surface area contributed by atoms with Crippen molar-refractivity contribution in [2.24, 2.45) is 11.7 Å². The van der Waals surface area contributed by atoms with Crippen LogP contribution in [-0.2, 0) is 9.53 Å². The van der Waals surface area contributed by atoms with Gasteiger partial charge >= 0.3 is 0 Å². The number of hydrogen-bond donors (Lipinski definition) is 2. The molecule has 0 bridgehead atoms. The van der Waals surface area contributed by atoms with Crippen molar-refractivity contribution in [1.29, 1.82) is 0 Å². The first-order valence-electron chi connectivity index (χ1n) is 5.89. The topological polar surface area (TPSA) is 64.4 Å². The lowest BCUT2D eigenvalue weighted by molar-refractivity contribution is -0.126. The second kappa shape index (κ2) is 4.94. The van der Waals surface area contributed by atoms with E-state index in [0.29, 0.717) is 6.04 Å². The second-order valence-electron chi connectivity index (χ2n) is 4.67. The van der Waals surface area contributed by atoms with Gasteiger partial charge in [0.25, 0.3) is 0 Å². The highest BCUT2D eigenvalue weighted by Gasteiger charge is 2.29. The summed E-state index contributed by atoms with van der Waals surface area (Å²) in [5.74, 6) is 0.359. The zero-order valence-electron chi connectivity index (χ0n) is 9.08. The van der Waals surface area contributed by atoms with E-state index in [1.165, 1.54) is 0 Å². The molecule has 1 amide bonds. The van der Waals surface area contributed by atoms with Crippen LogP contribution in [0.1, 0.15) is 32.1 Å². The lowest BCUT2D eigenvalue weighted by Crippen LogP contribution is -2.41. The Hall–Kier alpha value is -0.610. The molecule has 2 atom stereocenters. The largest absolute Gasteiger partial charge is 0.381 e. The Morgan fingerprint density at radius 1 is 1.20 bits per heavy atom. The summed E-state index contributed by atoms with van der Waals surface area (Å²) in [5, 5.41) is 3.11. The lowest BCUT2D eigenvalue weighted by Gasteiger charge is -2.24. The molecule has 2 rings (SSSR count). The molecule has 4 heteroatoms. The number of carbonyl (C=O) groups is 1. The van der Waals surface area contributed by atoms with Gasteiger partial charge in [0.15, 0.2) is 0 Å². The SMILES string of the molecule is NC1CCC(C(=O)NC2CCOCC2)C1. The number of amides is 1. The molecule has 86 valence electrons. The zero-order valence-corrected chi connectivity index (χ0v) is 9.08. The molecule has 2 unspecified atom stereocenters. The van der Waals surface area contributed by atoms with Crippen LogP contribution in [0.25, 0.3) is 0 Å². The van der Waals surface area contributed by atoms with E-state index in [-0.39, 0.29) is 17.9 Å². The number of nitrogens with two attached hydrogens (primary N) is 1. The summed E-state index contributed by atoms with van der Waals surface area (Å²) in [4.78, 5) is 11.9. The van der Waals surface area contributed by atoms with Crippen molar-refractivity contribution in [2.75, 3.05) is 13.2 Å². The molecule has 1 saturated heterocycles. The van der Waals surface area contributed by atoms with E-state index in [9.17, 15) is 4.79 Å². The maximum absolute atomic E-state index is 11.9. The fourth-order valence-electron chi connectivity index (χ4n) is 2.42. The molecule has 0 aromatic carbocycles. The highest BCUT2D eigenvalue weighted by atomic mass is 16.5. The molecular formula is C11H20N2O2. The fourth-order valence-corrected chi connectivity index (χ4v) is 2.42. The molecule has 1 aliphatic carbocycles. The molecular weight excluding hydrogens is 192 g/mol. The first-order chi connectivity index (χ1) is 7.25. The Labute approximate surface area is 90.5 Å². The maximum atomic E-state index is 11.9. The average Bonchev–Trinajstić information content (AvgIpc) is 2.66. The predicted octanol–water partition coefficient (Wildman–Crippen LogP) is 0.409. The van der Waals surface area contributed by atoms with Crippen molar-refractivity contribution in [2.45, 2.75) is 44.2 Å². The van der Waals surface area contributed by atoms with Gasteiger partial charge in [0.2, 0.25) is 5.91 Å². The van der Waals surface area contributed by atoms with E-state index >= 15 is 0 Å². The average molecular weight is 212 g/mol. The van der Waals surface area contributed by atoms with Crippen molar-refractivity contribution >= 4 is 5.91 Å².